The van der Waals surface area contributed by atoms with Gasteiger partial charge in [-0.25, -0.2) is 0 Å². The third kappa shape index (κ3) is 1.64. The average molecular weight is 228 g/mol. The highest BCUT2D eigenvalue weighted by molar-refractivity contribution is 6.19. The lowest BCUT2D eigenvalue weighted by atomic mass is 9.99. The van der Waals surface area contributed by atoms with E-state index in [2.05, 4.69) is 30.3 Å². The van der Waals surface area contributed by atoms with Crippen LogP contribution in [0.4, 0.5) is 0 Å². The quantitative estimate of drug-likeness (QED) is 0.644. The molecule has 1 heterocycles. The minimum atomic E-state index is -0.897. The second-order valence-electron chi connectivity index (χ2n) is 3.76. The largest absolute Gasteiger partial charge is 0.524 e. The Hall–Kier alpha value is -1.58. The Labute approximate surface area is 96.9 Å². The summed E-state index contributed by atoms with van der Waals surface area (Å²) in [5, 5.41) is 0. The van der Waals surface area contributed by atoms with E-state index in [1.165, 1.54) is 16.7 Å². The fraction of sp³-hybridized carbons (Fsp3) is 0.0769. The fourth-order valence-corrected chi connectivity index (χ4v) is 2.75. The van der Waals surface area contributed by atoms with Crippen LogP contribution in [0.5, 0.6) is 5.75 Å². The summed E-state index contributed by atoms with van der Waals surface area (Å²) in [5.74, 6) is 0.946. The van der Waals surface area contributed by atoms with Crippen molar-refractivity contribution in [3.8, 4) is 16.9 Å². The van der Waals surface area contributed by atoms with E-state index in [0.717, 1.165) is 5.75 Å². The van der Waals surface area contributed by atoms with E-state index in [0.29, 0.717) is 6.61 Å². The smallest absolute Gasteiger partial charge is 0.366 e. The van der Waals surface area contributed by atoms with Crippen molar-refractivity contribution < 1.29 is 8.85 Å². The van der Waals surface area contributed by atoms with Gasteiger partial charge in [0.15, 0.2) is 0 Å². The van der Waals surface area contributed by atoms with Crippen LogP contribution in [-0.2, 0) is 11.0 Å². The molecule has 0 saturated heterocycles. The molecule has 0 fully saturated rings. The molecule has 1 aliphatic heterocycles. The molecule has 2 aromatic rings. The van der Waals surface area contributed by atoms with Crippen LogP contribution >= 0.6 is 0 Å². The Bertz CT molecular complexity index is 463. The van der Waals surface area contributed by atoms with E-state index in [1.807, 2.05) is 18.2 Å². The predicted molar refractivity (Wildman–Crippen MR) is 65.8 cm³/mol. The highest BCUT2D eigenvalue weighted by Gasteiger charge is 2.12. The van der Waals surface area contributed by atoms with Gasteiger partial charge in [-0.2, -0.15) is 0 Å². The first-order valence-electron chi connectivity index (χ1n) is 5.33. The second kappa shape index (κ2) is 4.12. The first kappa shape index (κ1) is 9.63. The molecule has 0 saturated carbocycles. The molecule has 0 bridgehead atoms. The van der Waals surface area contributed by atoms with Crippen molar-refractivity contribution in [1.82, 2.24) is 0 Å². The lowest BCUT2D eigenvalue weighted by molar-refractivity contribution is 0.277. The van der Waals surface area contributed by atoms with E-state index >= 15 is 0 Å². The minimum absolute atomic E-state index is 0.663. The Morgan fingerprint density at radius 1 is 0.875 bits per heavy atom. The molecule has 3 rings (SSSR count). The number of benzene rings is 2. The normalized spacial score (nSPS) is 15.5. The molecular formula is C13H12O2Si. The number of hydrogen-bond donors (Lipinski definition) is 0. The molecule has 0 N–H and O–H groups in total. The number of rotatable bonds is 0. The Morgan fingerprint density at radius 3 is 2.56 bits per heavy atom. The van der Waals surface area contributed by atoms with Crippen molar-refractivity contribution in [3.05, 3.63) is 54.1 Å². The van der Waals surface area contributed by atoms with Gasteiger partial charge in [-0.05, 0) is 17.2 Å². The maximum Gasteiger partial charge on any atom is 0.366 e. The summed E-state index contributed by atoms with van der Waals surface area (Å²) in [5.41, 5.74) is 3.63. The highest BCUT2D eigenvalue weighted by Crippen LogP contribution is 2.33. The van der Waals surface area contributed by atoms with Gasteiger partial charge in [-0.15, -0.1) is 0 Å². The standard InChI is InChI=1S/C13H12O2Si/c1-2-6-11-10(5-1)9-14-16-15-13-8-4-3-7-12(11)13/h1-8H,9,16H2. The molecule has 0 atom stereocenters. The number of para-hydroxylation sites is 1. The third-order valence-electron chi connectivity index (χ3n) is 2.75. The van der Waals surface area contributed by atoms with Crippen LogP contribution in [0.15, 0.2) is 48.5 Å². The molecule has 1 aliphatic rings. The average Bonchev–Trinajstić information content (AvgIpc) is 2.33. The lowest BCUT2D eigenvalue weighted by Crippen LogP contribution is -2.11. The summed E-state index contributed by atoms with van der Waals surface area (Å²) in [6, 6.07) is 16.5. The molecule has 0 aromatic heterocycles. The molecule has 0 radical (unpaired) electrons. The summed E-state index contributed by atoms with van der Waals surface area (Å²) in [4.78, 5) is 0. The van der Waals surface area contributed by atoms with E-state index < -0.39 is 10.0 Å². The zero-order valence-electron chi connectivity index (χ0n) is 8.85. The summed E-state index contributed by atoms with van der Waals surface area (Å²) in [6.45, 7) is 0.663. The minimum Gasteiger partial charge on any atom is -0.524 e. The van der Waals surface area contributed by atoms with Crippen LogP contribution in [0.2, 0.25) is 0 Å². The van der Waals surface area contributed by atoms with Crippen molar-refractivity contribution in [1.29, 1.82) is 0 Å². The van der Waals surface area contributed by atoms with Gasteiger partial charge in [0.25, 0.3) is 0 Å². The van der Waals surface area contributed by atoms with Gasteiger partial charge in [-0.1, -0.05) is 42.5 Å². The SMILES string of the molecule is c1ccc2c(c1)CO[SiH2]Oc1ccccc1-2. The number of fused-ring (bicyclic) bond motifs is 3. The van der Waals surface area contributed by atoms with Crippen LogP contribution < -0.4 is 4.43 Å². The van der Waals surface area contributed by atoms with Crippen molar-refractivity contribution in [2.24, 2.45) is 0 Å². The van der Waals surface area contributed by atoms with Gasteiger partial charge in [-0.3, -0.25) is 0 Å². The number of hydrogen-bond acceptors (Lipinski definition) is 2. The molecule has 2 aromatic carbocycles. The van der Waals surface area contributed by atoms with Crippen molar-refractivity contribution in [3.63, 3.8) is 0 Å². The molecule has 80 valence electrons. The Morgan fingerprint density at radius 2 is 1.62 bits per heavy atom. The maximum absolute atomic E-state index is 5.70. The van der Waals surface area contributed by atoms with E-state index in [1.54, 1.807) is 0 Å². The van der Waals surface area contributed by atoms with Crippen LogP contribution in [0.3, 0.4) is 0 Å². The summed E-state index contributed by atoms with van der Waals surface area (Å²) in [6.07, 6.45) is 0. The Kier molecular flexibility index (Phi) is 2.48. The third-order valence-corrected chi connectivity index (χ3v) is 3.55. The first-order chi connectivity index (χ1) is 7.95. The van der Waals surface area contributed by atoms with Crippen molar-refractivity contribution >= 4 is 10.0 Å². The molecular weight excluding hydrogens is 216 g/mol. The molecule has 16 heavy (non-hydrogen) atoms. The van der Waals surface area contributed by atoms with Crippen molar-refractivity contribution in [2.75, 3.05) is 0 Å². The summed E-state index contributed by atoms with van der Waals surface area (Å²) >= 11 is 0. The van der Waals surface area contributed by atoms with Gasteiger partial charge in [0.05, 0.1) is 6.61 Å². The zero-order valence-corrected chi connectivity index (χ0v) is 10.3. The summed E-state index contributed by atoms with van der Waals surface area (Å²) < 4.78 is 11.3. The molecule has 2 nitrogen and oxygen atoms in total. The van der Waals surface area contributed by atoms with Crippen LogP contribution in [0, 0.1) is 0 Å². The molecule has 0 unspecified atom stereocenters. The second-order valence-corrected chi connectivity index (χ2v) is 4.70. The van der Waals surface area contributed by atoms with Crippen molar-refractivity contribution in [2.45, 2.75) is 6.61 Å². The predicted octanol–water partition coefficient (Wildman–Crippen LogP) is 2.26. The van der Waals surface area contributed by atoms with Crippen LogP contribution in [0.25, 0.3) is 11.1 Å². The molecule has 3 heteroatoms. The lowest BCUT2D eigenvalue weighted by Gasteiger charge is -2.18. The van der Waals surface area contributed by atoms with Gasteiger partial charge < -0.3 is 8.85 Å². The van der Waals surface area contributed by atoms with E-state index in [9.17, 15) is 0 Å². The van der Waals surface area contributed by atoms with Gasteiger partial charge in [0.2, 0.25) is 0 Å². The van der Waals surface area contributed by atoms with Gasteiger partial charge in [0.1, 0.15) is 5.75 Å². The molecule has 0 aliphatic carbocycles. The fourth-order valence-electron chi connectivity index (χ4n) is 1.98. The topological polar surface area (TPSA) is 18.5 Å². The van der Waals surface area contributed by atoms with Crippen LogP contribution in [0.1, 0.15) is 5.56 Å². The van der Waals surface area contributed by atoms with Gasteiger partial charge >= 0.3 is 10.0 Å². The molecule has 0 amide bonds. The first-order valence-corrected chi connectivity index (χ1v) is 6.48. The highest BCUT2D eigenvalue weighted by atomic mass is 28.3. The summed E-state index contributed by atoms with van der Waals surface area (Å²) in [7, 11) is -0.897. The van der Waals surface area contributed by atoms with Gasteiger partial charge in [0, 0.05) is 5.56 Å². The van der Waals surface area contributed by atoms with Crippen LogP contribution in [-0.4, -0.2) is 10.0 Å². The maximum atomic E-state index is 5.70. The monoisotopic (exact) mass is 228 g/mol. The zero-order chi connectivity index (χ0) is 10.8. The van der Waals surface area contributed by atoms with E-state index in [4.69, 9.17) is 8.85 Å². The van der Waals surface area contributed by atoms with E-state index in [-0.39, 0.29) is 0 Å². The Balaban J connectivity index is 2.22. The molecule has 0 spiro atoms.